The van der Waals surface area contributed by atoms with Gasteiger partial charge in [-0.3, -0.25) is 27.4 Å². The second-order valence-corrected chi connectivity index (χ2v) is 22.9. The van der Waals surface area contributed by atoms with Crippen LogP contribution in [0, 0.1) is 11.8 Å². The molecule has 3 aromatic carbocycles. The van der Waals surface area contributed by atoms with Gasteiger partial charge in [0.05, 0.1) is 33.1 Å². The number of para-hydroxylation sites is 6. The molecule has 0 aliphatic carbocycles. The molecule has 0 spiro atoms. The predicted octanol–water partition coefficient (Wildman–Crippen LogP) is 14.8. The van der Waals surface area contributed by atoms with Gasteiger partial charge in [0.15, 0.2) is 0 Å². The molecule has 0 saturated heterocycles. The van der Waals surface area contributed by atoms with Gasteiger partial charge in [-0.15, -0.1) is 0 Å². The summed E-state index contributed by atoms with van der Waals surface area (Å²) in [6.07, 6.45) is 26.5. The summed E-state index contributed by atoms with van der Waals surface area (Å²) < 4.78 is 11.7. The van der Waals surface area contributed by atoms with Crippen LogP contribution in [0.5, 0.6) is 0 Å². The quantitative estimate of drug-likeness (QED) is 0.0175. The summed E-state index contributed by atoms with van der Waals surface area (Å²) in [5.41, 5.74) is 6.80. The SMILES string of the molecule is CC(CS)Cn1c(=O)n(CC(C)CS)c2ccccc21.O=c1n(CCCCCCCCS)c2ccccc2n1CCCCCCCCS.O=c1n(CCCCCCCS)c2ccccc2n1CCCCCCCS. The number of nitrogens with zero attached hydrogens (tertiary/aromatic N) is 6. The van der Waals surface area contributed by atoms with Crippen molar-refractivity contribution in [3.05, 3.63) is 104 Å². The van der Waals surface area contributed by atoms with Crippen LogP contribution in [0.2, 0.25) is 0 Å². The third-order valence-corrected chi connectivity index (χ3v) is 16.6. The van der Waals surface area contributed by atoms with Gasteiger partial charge in [-0.2, -0.15) is 75.8 Å². The molecule has 6 rings (SSSR count). The van der Waals surface area contributed by atoms with E-state index < -0.39 is 0 Å². The second kappa shape index (κ2) is 38.2. The van der Waals surface area contributed by atoms with Crippen LogP contribution in [0.4, 0.5) is 0 Å². The van der Waals surface area contributed by atoms with Crippen molar-refractivity contribution in [2.45, 2.75) is 194 Å². The summed E-state index contributed by atoms with van der Waals surface area (Å²) >= 11 is 25.7. The highest BCUT2D eigenvalue weighted by Crippen LogP contribution is 2.20. The summed E-state index contributed by atoms with van der Waals surface area (Å²) in [5.74, 6) is 6.23. The Morgan fingerprint density at radius 3 is 0.703 bits per heavy atom. The Labute approximate surface area is 477 Å². The van der Waals surface area contributed by atoms with E-state index in [-0.39, 0.29) is 17.1 Å². The first-order valence-corrected chi connectivity index (χ1v) is 32.2. The first-order valence-electron chi connectivity index (χ1n) is 28.4. The van der Waals surface area contributed by atoms with E-state index >= 15 is 0 Å². The lowest BCUT2D eigenvalue weighted by Gasteiger charge is -2.09. The van der Waals surface area contributed by atoms with Gasteiger partial charge in [-0.05, 0) is 134 Å². The van der Waals surface area contributed by atoms with Gasteiger partial charge in [-0.25, -0.2) is 14.4 Å². The lowest BCUT2D eigenvalue weighted by Crippen LogP contribution is -2.28. The third-order valence-electron chi connectivity index (χ3n) is 14.0. The lowest BCUT2D eigenvalue weighted by atomic mass is 10.1. The number of benzene rings is 3. The number of fused-ring (bicyclic) bond motifs is 3. The molecule has 0 saturated carbocycles. The molecule has 6 aromatic rings. The normalized spacial score (nSPS) is 12.3. The van der Waals surface area contributed by atoms with Crippen LogP contribution in [-0.4, -0.2) is 61.9 Å². The van der Waals surface area contributed by atoms with E-state index in [9.17, 15) is 14.4 Å². The fourth-order valence-corrected chi connectivity index (χ4v) is 10.9. The Hall–Kier alpha value is -2.43. The van der Waals surface area contributed by atoms with E-state index in [1.54, 1.807) is 0 Å². The molecule has 2 atom stereocenters. The van der Waals surface area contributed by atoms with Gasteiger partial charge in [0.1, 0.15) is 0 Å². The van der Waals surface area contributed by atoms with Crippen LogP contribution in [0.15, 0.2) is 87.2 Å². The van der Waals surface area contributed by atoms with Gasteiger partial charge in [0.25, 0.3) is 0 Å². The molecular weight excluding hydrogens is 1030 g/mol. The van der Waals surface area contributed by atoms with Crippen molar-refractivity contribution < 1.29 is 0 Å². The predicted molar refractivity (Wildman–Crippen MR) is 342 cm³/mol. The van der Waals surface area contributed by atoms with Crippen molar-refractivity contribution in [3.63, 3.8) is 0 Å². The van der Waals surface area contributed by atoms with Crippen molar-refractivity contribution in [3.8, 4) is 0 Å². The molecule has 74 heavy (non-hydrogen) atoms. The second-order valence-electron chi connectivity index (χ2n) is 20.4. The maximum absolute atomic E-state index is 13.0. The molecule has 9 nitrogen and oxygen atoms in total. The number of thiol groups is 6. The summed E-state index contributed by atoms with van der Waals surface area (Å²) in [7, 11) is 0. The zero-order valence-corrected chi connectivity index (χ0v) is 50.6. The summed E-state index contributed by atoms with van der Waals surface area (Å²) in [6, 6.07) is 24.5. The van der Waals surface area contributed by atoms with Gasteiger partial charge in [0, 0.05) is 39.3 Å². The molecular formula is C59H94N6O3S6. The summed E-state index contributed by atoms with van der Waals surface area (Å²) in [4.78, 5) is 38.6. The zero-order chi connectivity index (χ0) is 53.3. The van der Waals surface area contributed by atoms with Crippen LogP contribution in [-0.2, 0) is 39.3 Å². The number of hydrogen-bond acceptors (Lipinski definition) is 9. The molecule has 0 N–H and O–H groups in total. The van der Waals surface area contributed by atoms with Crippen molar-refractivity contribution in [2.75, 3.05) is 34.5 Å². The monoisotopic (exact) mass is 1130 g/mol. The number of rotatable bonds is 36. The van der Waals surface area contributed by atoms with Crippen molar-refractivity contribution in [1.82, 2.24) is 27.4 Å². The molecule has 3 aromatic heterocycles. The molecule has 0 fully saturated rings. The Bertz CT molecular complexity index is 2450. The smallest absolute Gasteiger partial charge is 0.292 e. The number of aryl methyl sites for hydroxylation is 4. The maximum Gasteiger partial charge on any atom is 0.329 e. The Morgan fingerprint density at radius 1 is 0.297 bits per heavy atom. The van der Waals surface area contributed by atoms with Crippen molar-refractivity contribution in [2.24, 2.45) is 11.8 Å². The average Bonchev–Trinajstić information content (AvgIpc) is 3.96. The van der Waals surface area contributed by atoms with Gasteiger partial charge < -0.3 is 0 Å². The lowest BCUT2D eigenvalue weighted by molar-refractivity contribution is 0.489. The Kier molecular flexibility index (Phi) is 33.1. The van der Waals surface area contributed by atoms with Gasteiger partial charge in [-0.1, -0.05) is 140 Å². The van der Waals surface area contributed by atoms with Crippen LogP contribution < -0.4 is 17.1 Å². The average molecular weight is 1130 g/mol. The first kappa shape index (κ1) is 64.1. The number of aromatic nitrogens is 6. The zero-order valence-electron chi connectivity index (χ0n) is 45.2. The molecule has 0 amide bonds. The van der Waals surface area contributed by atoms with Crippen LogP contribution in [0.3, 0.4) is 0 Å². The van der Waals surface area contributed by atoms with Crippen molar-refractivity contribution >= 4 is 109 Å². The Balaban J connectivity index is 0.000000244. The molecule has 2 unspecified atom stereocenters. The molecule has 15 heteroatoms. The number of unbranched alkanes of at least 4 members (excludes halogenated alkanes) is 18. The topological polar surface area (TPSA) is 80.8 Å². The fraction of sp³-hybridized carbons (Fsp3) is 0.644. The fourth-order valence-electron chi connectivity index (χ4n) is 9.78. The first-order chi connectivity index (χ1) is 36.2. The Morgan fingerprint density at radius 2 is 0.486 bits per heavy atom. The van der Waals surface area contributed by atoms with E-state index in [2.05, 4.69) is 114 Å². The molecule has 414 valence electrons. The van der Waals surface area contributed by atoms with Crippen LogP contribution in [0.25, 0.3) is 33.1 Å². The van der Waals surface area contributed by atoms with E-state index in [1.165, 1.54) is 116 Å². The highest BCUT2D eigenvalue weighted by atomic mass is 32.1. The largest absolute Gasteiger partial charge is 0.329 e. The molecule has 0 aliphatic heterocycles. The summed E-state index contributed by atoms with van der Waals surface area (Å²) in [6.45, 7) is 8.98. The number of hydrogen-bond donors (Lipinski definition) is 6. The van der Waals surface area contributed by atoms with Gasteiger partial charge >= 0.3 is 17.1 Å². The molecule has 0 aliphatic rings. The van der Waals surface area contributed by atoms with Crippen molar-refractivity contribution in [1.29, 1.82) is 0 Å². The van der Waals surface area contributed by atoms with E-state index in [0.717, 1.165) is 119 Å². The standard InChI is InChI=1S/C23H38N2OS2.C21H34N2OS2.C15H22N2OS2/c26-23-24(17-11-5-1-3-7-13-19-27)21-15-9-10-16-22(21)25(23)18-12-6-2-4-8-14-20-28;24-21-22(15-9-3-1-5-11-17-25)19-13-7-8-14-20(19)23(21)16-10-4-2-6-12-18-26;1-11(9-19)7-16-13-5-3-4-6-14(13)17(15(16)18)8-12(2)10-20/h9-10,15-16,27-28H,1-8,11-14,17-20H2;7-8,13-14,25-26H,1-6,9-12,15-18H2;3-6,11-12,19-20H,7-10H2,1-2H3. The van der Waals surface area contributed by atoms with E-state index in [0.29, 0.717) is 24.9 Å². The minimum Gasteiger partial charge on any atom is -0.292 e. The van der Waals surface area contributed by atoms with E-state index in [4.69, 9.17) is 0 Å². The minimum atomic E-state index is 0.0773. The highest BCUT2D eigenvalue weighted by molar-refractivity contribution is 7.81. The maximum atomic E-state index is 13.0. The van der Waals surface area contributed by atoms with Crippen LogP contribution >= 0.6 is 75.8 Å². The van der Waals surface area contributed by atoms with Crippen LogP contribution in [0.1, 0.15) is 155 Å². The third kappa shape index (κ3) is 21.1. The van der Waals surface area contributed by atoms with Gasteiger partial charge in [0.2, 0.25) is 0 Å². The highest BCUT2D eigenvalue weighted by Gasteiger charge is 2.17. The van der Waals surface area contributed by atoms with E-state index in [1.807, 2.05) is 75.9 Å². The summed E-state index contributed by atoms with van der Waals surface area (Å²) in [5, 5.41) is 0. The molecule has 3 heterocycles. The number of imidazole rings is 3. The minimum absolute atomic E-state index is 0.0773. The molecule has 0 radical (unpaired) electrons. The molecule has 0 bridgehead atoms.